The molecule has 0 unspecified atom stereocenters. The molecule has 0 aromatic rings. The van der Waals surface area contributed by atoms with Crippen LogP contribution in [0.2, 0.25) is 0 Å². The van der Waals surface area contributed by atoms with Crippen LogP contribution in [0.1, 0.15) is 117 Å². The van der Waals surface area contributed by atoms with E-state index in [9.17, 15) is 9.59 Å². The summed E-state index contributed by atoms with van der Waals surface area (Å²) in [5.41, 5.74) is -0.0419. The molecule has 4 nitrogen and oxygen atoms in total. The van der Waals surface area contributed by atoms with Crippen molar-refractivity contribution in [2.24, 2.45) is 0 Å². The van der Waals surface area contributed by atoms with E-state index < -0.39 is 11.2 Å². The highest BCUT2D eigenvalue weighted by atomic mass is 16.6. The van der Waals surface area contributed by atoms with Crippen LogP contribution in [0.3, 0.4) is 0 Å². The molecule has 0 heterocycles. The van der Waals surface area contributed by atoms with E-state index in [2.05, 4.69) is 13.2 Å². The molecule has 170 valence electrons. The Morgan fingerprint density at radius 2 is 0.867 bits per heavy atom. The highest BCUT2D eigenvalue weighted by Crippen LogP contribution is 2.41. The minimum Gasteiger partial charge on any atom is -0.456 e. The first-order chi connectivity index (χ1) is 14.3. The Kier molecular flexibility index (Phi) is 9.64. The quantitative estimate of drug-likeness (QED) is 0.331. The molecule has 0 saturated heterocycles. The van der Waals surface area contributed by atoms with Gasteiger partial charge in [-0.05, 0) is 78.1 Å². The van der Waals surface area contributed by atoms with E-state index in [-0.39, 0.29) is 11.9 Å². The molecule has 2 fully saturated rings. The predicted octanol–water partition coefficient (Wildman–Crippen LogP) is 6.97. The predicted molar refractivity (Wildman–Crippen MR) is 121 cm³/mol. The Morgan fingerprint density at radius 3 is 1.13 bits per heavy atom. The van der Waals surface area contributed by atoms with E-state index >= 15 is 0 Å². The van der Waals surface area contributed by atoms with Crippen molar-refractivity contribution in [2.75, 3.05) is 0 Å². The Bertz CT molecular complexity index is 549. The van der Waals surface area contributed by atoms with E-state index in [1.807, 2.05) is 0 Å². The summed E-state index contributed by atoms with van der Waals surface area (Å²) in [7, 11) is 0. The van der Waals surface area contributed by atoms with Crippen molar-refractivity contribution in [3.05, 3.63) is 24.3 Å². The molecule has 0 spiro atoms. The standard InChI is InChI=1S/C26H42O4/c1-21(2)23(27)29-25(15-11-7-5-8-12-16-25)19-20-26(30-24(28)22(3)4)17-13-9-6-10-14-18-26/h1,3,5-20H2,2,4H3. The molecule has 0 aromatic heterocycles. The zero-order chi connectivity index (χ0) is 22.0. The molecule has 0 aromatic carbocycles. The van der Waals surface area contributed by atoms with Crippen molar-refractivity contribution in [1.29, 1.82) is 0 Å². The topological polar surface area (TPSA) is 52.6 Å². The van der Waals surface area contributed by atoms with Crippen molar-refractivity contribution in [3.8, 4) is 0 Å². The minimum absolute atomic E-state index is 0.291. The van der Waals surface area contributed by atoms with Gasteiger partial charge in [0.1, 0.15) is 11.2 Å². The average molecular weight is 419 g/mol. The van der Waals surface area contributed by atoms with Gasteiger partial charge in [-0.2, -0.15) is 0 Å². The summed E-state index contributed by atoms with van der Waals surface area (Å²) >= 11 is 0. The third kappa shape index (κ3) is 7.59. The van der Waals surface area contributed by atoms with Crippen LogP contribution in [0.25, 0.3) is 0 Å². The molecule has 4 heteroatoms. The first-order valence-corrected chi connectivity index (χ1v) is 12.1. The van der Waals surface area contributed by atoms with Gasteiger partial charge in [-0.3, -0.25) is 0 Å². The largest absolute Gasteiger partial charge is 0.456 e. The summed E-state index contributed by atoms with van der Waals surface area (Å²) < 4.78 is 12.2. The van der Waals surface area contributed by atoms with Crippen molar-refractivity contribution in [2.45, 2.75) is 128 Å². The number of rotatable bonds is 7. The van der Waals surface area contributed by atoms with Crippen LogP contribution in [0, 0.1) is 0 Å². The molecule has 30 heavy (non-hydrogen) atoms. The summed E-state index contributed by atoms with van der Waals surface area (Å²) in [4.78, 5) is 25.0. The first-order valence-electron chi connectivity index (χ1n) is 12.1. The highest BCUT2D eigenvalue weighted by molar-refractivity contribution is 5.87. The Morgan fingerprint density at radius 1 is 0.600 bits per heavy atom. The third-order valence-electron chi connectivity index (χ3n) is 6.88. The van der Waals surface area contributed by atoms with E-state index in [0.29, 0.717) is 11.1 Å². The summed E-state index contributed by atoms with van der Waals surface area (Å²) in [5.74, 6) is -0.581. The third-order valence-corrected chi connectivity index (χ3v) is 6.88. The second-order valence-corrected chi connectivity index (χ2v) is 9.74. The van der Waals surface area contributed by atoms with Crippen LogP contribution in [-0.2, 0) is 19.1 Å². The molecule has 0 radical (unpaired) electrons. The second-order valence-electron chi connectivity index (χ2n) is 9.74. The molecule has 0 N–H and O–H groups in total. The lowest BCUT2D eigenvalue weighted by molar-refractivity contribution is -0.167. The van der Waals surface area contributed by atoms with Crippen molar-refractivity contribution < 1.29 is 19.1 Å². The molecule has 0 aliphatic heterocycles. The van der Waals surface area contributed by atoms with Gasteiger partial charge in [0.25, 0.3) is 0 Å². The van der Waals surface area contributed by atoms with Gasteiger partial charge in [-0.15, -0.1) is 0 Å². The average Bonchev–Trinajstić information content (AvgIpc) is 2.65. The smallest absolute Gasteiger partial charge is 0.333 e. The lowest BCUT2D eigenvalue weighted by atomic mass is 9.77. The molecular weight excluding hydrogens is 376 g/mol. The molecule has 2 aliphatic carbocycles. The zero-order valence-corrected chi connectivity index (χ0v) is 19.4. The van der Waals surface area contributed by atoms with E-state index in [4.69, 9.17) is 9.47 Å². The van der Waals surface area contributed by atoms with Gasteiger partial charge < -0.3 is 9.47 Å². The van der Waals surface area contributed by atoms with E-state index in [1.165, 1.54) is 38.5 Å². The lowest BCUT2D eigenvalue weighted by Crippen LogP contribution is -2.42. The van der Waals surface area contributed by atoms with Crippen molar-refractivity contribution >= 4 is 11.9 Å². The minimum atomic E-state index is -0.471. The number of hydrogen-bond acceptors (Lipinski definition) is 4. The molecular formula is C26H42O4. The molecule has 2 saturated carbocycles. The molecule has 0 bridgehead atoms. The lowest BCUT2D eigenvalue weighted by Gasteiger charge is -2.41. The van der Waals surface area contributed by atoms with Gasteiger partial charge >= 0.3 is 11.9 Å². The second kappa shape index (κ2) is 11.7. The van der Waals surface area contributed by atoms with Gasteiger partial charge in [-0.1, -0.05) is 51.7 Å². The fourth-order valence-electron chi connectivity index (χ4n) is 4.93. The summed E-state index contributed by atoms with van der Waals surface area (Å²) in [6, 6.07) is 0. The molecule has 2 rings (SSSR count). The van der Waals surface area contributed by atoms with Crippen molar-refractivity contribution in [1.82, 2.24) is 0 Å². The maximum Gasteiger partial charge on any atom is 0.333 e. The van der Waals surface area contributed by atoms with Crippen LogP contribution in [0.4, 0.5) is 0 Å². The number of hydrogen-bond donors (Lipinski definition) is 0. The van der Waals surface area contributed by atoms with Crippen LogP contribution in [-0.4, -0.2) is 23.1 Å². The maximum atomic E-state index is 12.5. The van der Waals surface area contributed by atoms with Gasteiger partial charge in [-0.25, -0.2) is 9.59 Å². The van der Waals surface area contributed by atoms with Crippen LogP contribution >= 0.6 is 0 Å². The van der Waals surface area contributed by atoms with Gasteiger partial charge in [0.15, 0.2) is 0 Å². The number of ether oxygens (including phenoxy) is 2. The normalized spacial score (nSPS) is 21.8. The first kappa shape index (κ1) is 24.7. The van der Waals surface area contributed by atoms with Crippen molar-refractivity contribution in [3.63, 3.8) is 0 Å². The van der Waals surface area contributed by atoms with Gasteiger partial charge in [0, 0.05) is 11.1 Å². The Labute approximate surface area is 183 Å². The SMILES string of the molecule is C=C(C)C(=O)OC1(CCC2(OC(=O)C(=C)C)CCCCCCC2)CCCCCCC1. The maximum absolute atomic E-state index is 12.5. The molecule has 2 aliphatic rings. The van der Waals surface area contributed by atoms with E-state index in [1.54, 1.807) is 13.8 Å². The number of carbonyl (C=O) groups excluding carboxylic acids is 2. The summed E-state index contributed by atoms with van der Waals surface area (Å²) in [6.45, 7) is 11.0. The van der Waals surface area contributed by atoms with Crippen LogP contribution in [0.5, 0.6) is 0 Å². The van der Waals surface area contributed by atoms with E-state index in [0.717, 1.165) is 64.2 Å². The fraction of sp³-hybridized carbons (Fsp3) is 0.769. The Balaban J connectivity index is 2.22. The summed E-state index contributed by atoms with van der Waals surface area (Å²) in [6.07, 6.45) is 16.6. The van der Waals surface area contributed by atoms with Gasteiger partial charge in [0.2, 0.25) is 0 Å². The molecule has 0 atom stereocenters. The fourth-order valence-corrected chi connectivity index (χ4v) is 4.93. The Hall–Kier alpha value is -1.58. The number of carbonyl (C=O) groups is 2. The monoisotopic (exact) mass is 418 g/mol. The molecule has 0 amide bonds. The number of esters is 2. The highest BCUT2D eigenvalue weighted by Gasteiger charge is 2.41. The van der Waals surface area contributed by atoms with Crippen LogP contribution < -0.4 is 0 Å². The zero-order valence-electron chi connectivity index (χ0n) is 19.4. The summed E-state index contributed by atoms with van der Waals surface area (Å²) in [5, 5.41) is 0. The van der Waals surface area contributed by atoms with Gasteiger partial charge in [0.05, 0.1) is 0 Å². The van der Waals surface area contributed by atoms with Crippen LogP contribution in [0.15, 0.2) is 24.3 Å².